The van der Waals surface area contributed by atoms with Crippen molar-refractivity contribution in [1.82, 2.24) is 8.33 Å². The lowest BCUT2D eigenvalue weighted by Crippen LogP contribution is -2.29. The fourth-order valence-corrected chi connectivity index (χ4v) is 1.14. The number of hydrogen-bond acceptors (Lipinski definition) is 4. The molecule has 2 N–H and O–H groups in total. The second-order valence-corrected chi connectivity index (χ2v) is 2.59. The highest BCUT2D eigenvalue weighted by atomic mass is 32.1. The Balaban J connectivity index is 3.06. The van der Waals surface area contributed by atoms with Crippen LogP contribution in [0.2, 0.25) is 0 Å². The molecule has 0 aromatic carbocycles. The normalized spacial score (nSPS) is 9.82. The number of nitrogens with zero attached hydrogens (tertiary/aromatic N) is 1. The van der Waals surface area contributed by atoms with E-state index in [2.05, 4.69) is 4.37 Å². The van der Waals surface area contributed by atoms with Crippen molar-refractivity contribution < 1.29 is 9.90 Å². The predicted octanol–water partition coefficient (Wildman–Crippen LogP) is -1.32. The largest absolute Gasteiger partial charge is 0.480 e. The molecule has 0 aliphatic heterocycles. The smallest absolute Gasteiger partial charge is 0.327 e. The zero-order valence-corrected chi connectivity index (χ0v) is 6.05. The van der Waals surface area contributed by atoms with E-state index in [0.29, 0.717) is 11.7 Å². The molecule has 0 atom stereocenters. The molecule has 0 aliphatic rings. The van der Waals surface area contributed by atoms with E-state index in [1.54, 1.807) is 0 Å². The van der Waals surface area contributed by atoms with Gasteiger partial charge in [-0.25, -0.2) is 3.96 Å². The lowest BCUT2D eigenvalue weighted by molar-refractivity contribution is -0.137. The van der Waals surface area contributed by atoms with Gasteiger partial charge in [0.25, 0.3) is 0 Å². The Morgan fingerprint density at radius 1 is 1.64 bits per heavy atom. The maximum atomic E-state index is 10.7. The standard InChI is InChI=1S/C4H4N2O4S/c7-2(8)1-6-4(10)3(9)5-11-6/h1H2,(H,5,9)(H,7,8). The summed E-state index contributed by atoms with van der Waals surface area (Å²) >= 11 is 0.690. The van der Waals surface area contributed by atoms with E-state index in [9.17, 15) is 14.4 Å². The van der Waals surface area contributed by atoms with Gasteiger partial charge in [0.15, 0.2) is 0 Å². The second-order valence-electron chi connectivity index (χ2n) is 1.76. The Labute approximate surface area is 64.0 Å². The molecule has 0 saturated carbocycles. The van der Waals surface area contributed by atoms with Gasteiger partial charge in [-0.2, -0.15) is 0 Å². The molecule has 0 amide bonds. The summed E-state index contributed by atoms with van der Waals surface area (Å²) in [5, 5.41) is 8.23. The molecule has 0 aliphatic carbocycles. The SMILES string of the molecule is O=C(O)Cn1s[nH]c(=O)c1=O. The minimum absolute atomic E-state index is 0.470. The molecule has 1 rings (SSSR count). The minimum atomic E-state index is -1.15. The molecule has 0 fully saturated rings. The number of carboxylic acids is 1. The van der Waals surface area contributed by atoms with Crippen LogP contribution in [0.1, 0.15) is 0 Å². The number of aromatic nitrogens is 2. The molecule has 11 heavy (non-hydrogen) atoms. The van der Waals surface area contributed by atoms with Crippen LogP contribution in [0.25, 0.3) is 0 Å². The highest BCUT2D eigenvalue weighted by molar-refractivity contribution is 6.99. The molecule has 0 unspecified atom stereocenters. The summed E-state index contributed by atoms with van der Waals surface area (Å²) in [6.07, 6.45) is 0. The van der Waals surface area contributed by atoms with Gasteiger partial charge in [-0.15, -0.1) is 0 Å². The van der Waals surface area contributed by atoms with E-state index in [0.717, 1.165) is 3.96 Å². The van der Waals surface area contributed by atoms with Crippen molar-refractivity contribution in [3.05, 3.63) is 20.7 Å². The first-order valence-corrected chi connectivity index (χ1v) is 3.39. The third-order valence-corrected chi connectivity index (χ3v) is 1.74. The first-order valence-electron chi connectivity index (χ1n) is 2.62. The fraction of sp³-hybridized carbons (Fsp3) is 0.250. The molecule has 1 heterocycles. The molecule has 0 radical (unpaired) electrons. The minimum Gasteiger partial charge on any atom is -0.480 e. The van der Waals surface area contributed by atoms with Crippen LogP contribution in [0.3, 0.4) is 0 Å². The molecule has 6 nitrogen and oxygen atoms in total. The van der Waals surface area contributed by atoms with Gasteiger partial charge in [0, 0.05) is 11.7 Å². The maximum absolute atomic E-state index is 10.7. The van der Waals surface area contributed by atoms with E-state index in [1.165, 1.54) is 0 Å². The quantitative estimate of drug-likeness (QED) is 0.547. The average molecular weight is 176 g/mol. The summed E-state index contributed by atoms with van der Waals surface area (Å²) in [5.74, 6) is -1.15. The molecule has 1 aromatic rings. The van der Waals surface area contributed by atoms with Gasteiger partial charge in [0.2, 0.25) is 0 Å². The number of H-pyrrole nitrogens is 1. The summed E-state index contributed by atoms with van der Waals surface area (Å²) < 4.78 is 2.95. The summed E-state index contributed by atoms with van der Waals surface area (Å²) in [4.78, 5) is 31.2. The second kappa shape index (κ2) is 2.70. The summed E-state index contributed by atoms with van der Waals surface area (Å²) in [6, 6.07) is 0. The zero-order valence-electron chi connectivity index (χ0n) is 5.23. The zero-order chi connectivity index (χ0) is 8.43. The van der Waals surface area contributed by atoms with Crippen molar-refractivity contribution in [2.45, 2.75) is 6.54 Å². The van der Waals surface area contributed by atoms with Crippen molar-refractivity contribution in [2.75, 3.05) is 0 Å². The van der Waals surface area contributed by atoms with Crippen LogP contribution in [-0.2, 0) is 11.3 Å². The molecule has 60 valence electrons. The number of carboxylic acid groups (broad SMARTS) is 1. The van der Waals surface area contributed by atoms with E-state index >= 15 is 0 Å². The third-order valence-electron chi connectivity index (χ3n) is 0.948. The number of rotatable bonds is 2. The van der Waals surface area contributed by atoms with Crippen LogP contribution in [0.4, 0.5) is 0 Å². The molecule has 7 heteroatoms. The van der Waals surface area contributed by atoms with E-state index in [4.69, 9.17) is 5.11 Å². The number of aliphatic carboxylic acids is 1. The number of carbonyl (C=O) groups is 1. The summed E-state index contributed by atoms with van der Waals surface area (Å²) in [5.41, 5.74) is -1.60. The molecule has 0 bridgehead atoms. The average Bonchev–Trinajstić information content (AvgIpc) is 2.18. The van der Waals surface area contributed by atoms with Crippen molar-refractivity contribution in [3.63, 3.8) is 0 Å². The van der Waals surface area contributed by atoms with Gasteiger partial charge in [-0.05, 0) is 0 Å². The Morgan fingerprint density at radius 2 is 2.27 bits per heavy atom. The van der Waals surface area contributed by atoms with Crippen molar-refractivity contribution >= 4 is 17.7 Å². The monoisotopic (exact) mass is 176 g/mol. The van der Waals surface area contributed by atoms with Gasteiger partial charge >= 0.3 is 17.1 Å². The van der Waals surface area contributed by atoms with Crippen LogP contribution < -0.4 is 11.1 Å². The molecule has 1 aromatic heterocycles. The topological polar surface area (TPSA) is 92.2 Å². The number of hydrogen-bond donors (Lipinski definition) is 2. The van der Waals surface area contributed by atoms with Crippen LogP contribution in [-0.4, -0.2) is 19.4 Å². The van der Waals surface area contributed by atoms with Gasteiger partial charge in [-0.1, -0.05) is 0 Å². The van der Waals surface area contributed by atoms with Crippen molar-refractivity contribution in [2.24, 2.45) is 0 Å². The van der Waals surface area contributed by atoms with Gasteiger partial charge < -0.3 is 5.11 Å². The Hall–Kier alpha value is -1.37. The van der Waals surface area contributed by atoms with E-state index in [-0.39, 0.29) is 0 Å². The Bertz CT molecular complexity index is 372. The summed E-state index contributed by atoms with van der Waals surface area (Å²) in [7, 11) is 0. The van der Waals surface area contributed by atoms with Gasteiger partial charge in [-0.3, -0.25) is 18.8 Å². The third kappa shape index (κ3) is 1.55. The van der Waals surface area contributed by atoms with Crippen LogP contribution in [0, 0.1) is 0 Å². The van der Waals surface area contributed by atoms with E-state index < -0.39 is 23.6 Å². The molecular weight excluding hydrogens is 172 g/mol. The molecule has 0 spiro atoms. The van der Waals surface area contributed by atoms with Crippen LogP contribution in [0.15, 0.2) is 9.59 Å². The first kappa shape index (κ1) is 7.73. The Kier molecular flexibility index (Phi) is 1.90. The lowest BCUT2D eigenvalue weighted by atomic mass is 10.7. The highest BCUT2D eigenvalue weighted by Crippen LogP contribution is 1.82. The van der Waals surface area contributed by atoms with E-state index in [1.807, 2.05) is 0 Å². The van der Waals surface area contributed by atoms with Crippen LogP contribution in [0.5, 0.6) is 0 Å². The first-order chi connectivity index (χ1) is 5.11. The predicted molar refractivity (Wildman–Crippen MR) is 36.8 cm³/mol. The number of nitrogens with one attached hydrogen (secondary N) is 1. The van der Waals surface area contributed by atoms with Crippen LogP contribution >= 0.6 is 11.7 Å². The summed E-state index contributed by atoms with van der Waals surface area (Å²) in [6.45, 7) is -0.470. The Morgan fingerprint density at radius 3 is 2.64 bits per heavy atom. The maximum Gasteiger partial charge on any atom is 0.327 e. The molecular formula is C4H4N2O4S. The highest BCUT2D eigenvalue weighted by Gasteiger charge is 2.05. The number of aromatic amines is 1. The van der Waals surface area contributed by atoms with Crippen molar-refractivity contribution in [1.29, 1.82) is 0 Å². The van der Waals surface area contributed by atoms with Gasteiger partial charge in [0.1, 0.15) is 6.54 Å². The molecule has 0 saturated heterocycles. The van der Waals surface area contributed by atoms with Gasteiger partial charge in [0.05, 0.1) is 0 Å². The fourth-order valence-electron chi connectivity index (χ4n) is 0.522. The van der Waals surface area contributed by atoms with Crippen molar-refractivity contribution in [3.8, 4) is 0 Å². The lowest BCUT2D eigenvalue weighted by Gasteiger charge is -1.89.